The van der Waals surface area contributed by atoms with Crippen LogP contribution in [0.25, 0.3) is 0 Å². The van der Waals surface area contributed by atoms with E-state index in [1.807, 2.05) is 6.92 Å². The molecule has 0 aliphatic carbocycles. The highest BCUT2D eigenvalue weighted by molar-refractivity contribution is 5.43. The molecule has 0 aromatic heterocycles. The first kappa shape index (κ1) is 12.0. The Morgan fingerprint density at radius 2 is 1.46 bits per heavy atom. The molecule has 0 bridgehead atoms. The first-order valence-electron chi connectivity index (χ1n) is 4.66. The maximum absolute atomic E-state index is 3.91. The average molecular weight is 176 g/mol. The van der Waals surface area contributed by atoms with E-state index in [9.17, 15) is 0 Å². The molecule has 0 unspecified atom stereocenters. The predicted molar refractivity (Wildman–Crippen MR) is 61.8 cm³/mol. The van der Waals surface area contributed by atoms with Gasteiger partial charge in [0, 0.05) is 0 Å². The van der Waals surface area contributed by atoms with Crippen molar-refractivity contribution < 1.29 is 0 Å². The normalized spacial score (nSPS) is 14.7. The molecule has 0 rings (SSSR count). The lowest BCUT2D eigenvalue weighted by Gasteiger charge is -2.04. The van der Waals surface area contributed by atoms with Crippen LogP contribution in [0.1, 0.15) is 34.6 Å². The van der Waals surface area contributed by atoms with E-state index >= 15 is 0 Å². The second-order valence-corrected chi connectivity index (χ2v) is 3.32. The number of allylic oxidation sites excluding steroid dienone is 7. The summed E-state index contributed by atoms with van der Waals surface area (Å²) in [4.78, 5) is 0. The van der Waals surface area contributed by atoms with Gasteiger partial charge in [-0.15, -0.1) is 0 Å². The molecule has 0 heteroatoms. The molecule has 0 atom stereocenters. The van der Waals surface area contributed by atoms with E-state index in [0.29, 0.717) is 0 Å². The SMILES string of the molecule is C=C(C)/C(C)=C/C(=C/C)C(/C)=C\C. The van der Waals surface area contributed by atoms with Crippen molar-refractivity contribution in [1.82, 2.24) is 0 Å². The van der Waals surface area contributed by atoms with Gasteiger partial charge in [-0.2, -0.15) is 0 Å². The Labute approximate surface area is 82.4 Å². The highest BCUT2D eigenvalue weighted by Crippen LogP contribution is 2.15. The summed E-state index contributed by atoms with van der Waals surface area (Å²) >= 11 is 0. The summed E-state index contributed by atoms with van der Waals surface area (Å²) in [5, 5.41) is 0. The van der Waals surface area contributed by atoms with Crippen LogP contribution >= 0.6 is 0 Å². The van der Waals surface area contributed by atoms with Crippen LogP contribution in [0, 0.1) is 0 Å². The number of rotatable bonds is 3. The molecular weight excluding hydrogens is 156 g/mol. The van der Waals surface area contributed by atoms with E-state index in [1.165, 1.54) is 16.7 Å². The molecule has 0 heterocycles. The smallest absolute Gasteiger partial charge is 0.0271 e. The van der Waals surface area contributed by atoms with Gasteiger partial charge in [0.25, 0.3) is 0 Å². The van der Waals surface area contributed by atoms with Crippen molar-refractivity contribution >= 4 is 0 Å². The summed E-state index contributed by atoms with van der Waals surface area (Å²) in [5.74, 6) is 0. The van der Waals surface area contributed by atoms with Crippen molar-refractivity contribution in [2.24, 2.45) is 0 Å². The van der Waals surface area contributed by atoms with Gasteiger partial charge in [-0.25, -0.2) is 0 Å². The Morgan fingerprint density at radius 1 is 0.923 bits per heavy atom. The lowest BCUT2D eigenvalue weighted by atomic mass is 10.0. The van der Waals surface area contributed by atoms with Crippen molar-refractivity contribution in [3.8, 4) is 0 Å². The van der Waals surface area contributed by atoms with E-state index in [2.05, 4.69) is 52.5 Å². The van der Waals surface area contributed by atoms with Gasteiger partial charge in [-0.3, -0.25) is 0 Å². The summed E-state index contributed by atoms with van der Waals surface area (Å²) < 4.78 is 0. The van der Waals surface area contributed by atoms with E-state index in [0.717, 1.165) is 5.57 Å². The third-order valence-corrected chi connectivity index (χ3v) is 2.24. The van der Waals surface area contributed by atoms with Crippen molar-refractivity contribution in [2.75, 3.05) is 0 Å². The topological polar surface area (TPSA) is 0 Å². The molecule has 0 saturated heterocycles. The quantitative estimate of drug-likeness (QED) is 0.558. The predicted octanol–water partition coefficient (Wildman–Crippen LogP) is 4.42. The van der Waals surface area contributed by atoms with Gasteiger partial charge in [-0.05, 0) is 51.3 Å². The van der Waals surface area contributed by atoms with Gasteiger partial charge in [-0.1, -0.05) is 30.4 Å². The Balaban J connectivity index is 4.87. The van der Waals surface area contributed by atoms with Crippen LogP contribution in [0.2, 0.25) is 0 Å². The maximum Gasteiger partial charge on any atom is -0.0271 e. The fourth-order valence-corrected chi connectivity index (χ4v) is 0.948. The van der Waals surface area contributed by atoms with Crippen LogP contribution in [0.15, 0.2) is 47.1 Å². The molecule has 0 nitrogen and oxygen atoms in total. The summed E-state index contributed by atoms with van der Waals surface area (Å²) in [6.07, 6.45) is 6.43. The molecule has 0 aliphatic rings. The standard InChI is InChI=1S/C13H20/c1-7-11(5)13(8-2)9-12(6)10(3)4/h7-9H,3H2,1-2,4-6H3/b11-7-,12-9+,13-8-. The Morgan fingerprint density at radius 3 is 1.77 bits per heavy atom. The maximum atomic E-state index is 3.91. The molecule has 0 spiro atoms. The van der Waals surface area contributed by atoms with Crippen LogP contribution in [0.5, 0.6) is 0 Å². The van der Waals surface area contributed by atoms with E-state index in [4.69, 9.17) is 0 Å². The highest BCUT2D eigenvalue weighted by Gasteiger charge is 1.95. The molecular formula is C13H20. The Bertz CT molecular complexity index is 272. The molecule has 0 saturated carbocycles. The molecule has 0 fully saturated rings. The van der Waals surface area contributed by atoms with Crippen LogP contribution in [0.4, 0.5) is 0 Å². The molecule has 0 aromatic carbocycles. The molecule has 0 N–H and O–H groups in total. The van der Waals surface area contributed by atoms with Crippen molar-refractivity contribution in [1.29, 1.82) is 0 Å². The fraction of sp³-hybridized carbons (Fsp3) is 0.385. The van der Waals surface area contributed by atoms with Gasteiger partial charge in [0.2, 0.25) is 0 Å². The molecule has 13 heavy (non-hydrogen) atoms. The van der Waals surface area contributed by atoms with Crippen LogP contribution in [0.3, 0.4) is 0 Å². The number of hydrogen-bond donors (Lipinski definition) is 0. The van der Waals surface area contributed by atoms with E-state index < -0.39 is 0 Å². The average Bonchev–Trinajstić information content (AvgIpc) is 2.12. The minimum atomic E-state index is 1.13. The Hall–Kier alpha value is -1.04. The summed E-state index contributed by atoms with van der Waals surface area (Å²) in [7, 11) is 0. The molecule has 72 valence electrons. The van der Waals surface area contributed by atoms with Crippen molar-refractivity contribution in [3.63, 3.8) is 0 Å². The fourth-order valence-electron chi connectivity index (χ4n) is 0.948. The second-order valence-electron chi connectivity index (χ2n) is 3.32. The van der Waals surface area contributed by atoms with Crippen molar-refractivity contribution in [2.45, 2.75) is 34.6 Å². The summed E-state index contributed by atoms with van der Waals surface area (Å²) in [6.45, 7) is 14.3. The van der Waals surface area contributed by atoms with Crippen LogP contribution < -0.4 is 0 Å². The molecule has 0 radical (unpaired) electrons. The third kappa shape index (κ3) is 3.93. The zero-order chi connectivity index (χ0) is 10.4. The lowest BCUT2D eigenvalue weighted by Crippen LogP contribution is -1.84. The first-order valence-corrected chi connectivity index (χ1v) is 4.66. The van der Waals surface area contributed by atoms with Gasteiger partial charge in [0.1, 0.15) is 0 Å². The van der Waals surface area contributed by atoms with Gasteiger partial charge in [0.05, 0.1) is 0 Å². The van der Waals surface area contributed by atoms with Gasteiger partial charge in [0.15, 0.2) is 0 Å². The summed E-state index contributed by atoms with van der Waals surface area (Å²) in [5.41, 5.74) is 4.96. The largest absolute Gasteiger partial charge is 0.0958 e. The molecule has 0 amide bonds. The number of hydrogen-bond acceptors (Lipinski definition) is 0. The summed E-state index contributed by atoms with van der Waals surface area (Å²) in [6, 6.07) is 0. The Kier molecular flexibility index (Phi) is 5.13. The monoisotopic (exact) mass is 176 g/mol. The lowest BCUT2D eigenvalue weighted by molar-refractivity contribution is 1.31. The molecule has 0 aromatic rings. The minimum absolute atomic E-state index is 1.13. The highest BCUT2D eigenvalue weighted by atomic mass is 14.0. The zero-order valence-electron chi connectivity index (χ0n) is 9.44. The first-order chi connectivity index (χ1) is 6.02. The van der Waals surface area contributed by atoms with Crippen molar-refractivity contribution in [3.05, 3.63) is 47.1 Å². The van der Waals surface area contributed by atoms with Crippen LogP contribution in [-0.2, 0) is 0 Å². The zero-order valence-corrected chi connectivity index (χ0v) is 9.44. The minimum Gasteiger partial charge on any atom is -0.0958 e. The van der Waals surface area contributed by atoms with E-state index in [1.54, 1.807) is 0 Å². The third-order valence-electron chi connectivity index (χ3n) is 2.24. The van der Waals surface area contributed by atoms with Gasteiger partial charge < -0.3 is 0 Å². The molecule has 0 aliphatic heterocycles. The second kappa shape index (κ2) is 5.58. The van der Waals surface area contributed by atoms with E-state index in [-0.39, 0.29) is 0 Å². The van der Waals surface area contributed by atoms with Crippen LogP contribution in [-0.4, -0.2) is 0 Å². The van der Waals surface area contributed by atoms with Gasteiger partial charge >= 0.3 is 0 Å².